The maximum absolute atomic E-state index is 12.0. The van der Waals surface area contributed by atoms with Crippen molar-refractivity contribution in [3.8, 4) is 0 Å². The molecule has 20 heavy (non-hydrogen) atoms. The fourth-order valence-corrected chi connectivity index (χ4v) is 1.92. The predicted molar refractivity (Wildman–Crippen MR) is 75.8 cm³/mol. The molecule has 0 aliphatic carbocycles. The Morgan fingerprint density at radius 3 is 2.65 bits per heavy atom. The number of hydrogen-bond acceptors (Lipinski definition) is 4. The number of nitrogens with zero attached hydrogens (tertiary/aromatic N) is 2. The van der Waals surface area contributed by atoms with Gasteiger partial charge in [0.2, 0.25) is 0 Å². The lowest BCUT2D eigenvalue weighted by Gasteiger charge is -2.07. The maximum atomic E-state index is 12.0. The number of carbonyl (C=O) groups excluding carboxylic acids is 1. The van der Waals surface area contributed by atoms with Gasteiger partial charge in [0.15, 0.2) is 0 Å². The van der Waals surface area contributed by atoms with E-state index in [1.807, 2.05) is 0 Å². The summed E-state index contributed by atoms with van der Waals surface area (Å²) in [7, 11) is 0. The van der Waals surface area contributed by atoms with E-state index in [0.717, 1.165) is 0 Å². The summed E-state index contributed by atoms with van der Waals surface area (Å²) >= 11 is 3.27. The Balaban J connectivity index is 2.24. The minimum Gasteiger partial charge on any atom is -0.478 e. The van der Waals surface area contributed by atoms with Gasteiger partial charge in [-0.05, 0) is 47.1 Å². The fourth-order valence-electron chi connectivity index (χ4n) is 1.56. The quantitative estimate of drug-likeness (QED) is 0.898. The highest BCUT2D eigenvalue weighted by Crippen LogP contribution is 2.19. The topological polar surface area (TPSA) is 92.2 Å². The second-order valence-electron chi connectivity index (χ2n) is 3.92. The minimum absolute atomic E-state index is 0.0700. The van der Waals surface area contributed by atoms with E-state index < -0.39 is 11.9 Å². The molecule has 2 aromatic rings. The lowest BCUT2D eigenvalue weighted by molar-refractivity contribution is 0.0695. The van der Waals surface area contributed by atoms with Gasteiger partial charge >= 0.3 is 5.97 Å². The van der Waals surface area contributed by atoms with Crippen LogP contribution in [0.1, 0.15) is 26.5 Å². The molecular weight excluding hydrogens is 326 g/mol. The van der Waals surface area contributed by atoms with Gasteiger partial charge in [-0.1, -0.05) is 0 Å². The summed E-state index contributed by atoms with van der Waals surface area (Å²) in [6, 6.07) is 6.19. The van der Waals surface area contributed by atoms with Gasteiger partial charge in [-0.25, -0.2) is 14.8 Å². The second kappa shape index (κ2) is 5.79. The standard InChI is InChI=1S/C13H10BrN3O3/c1-7-8(13(19)20)4-5-10(16-7)12(18)17-11-9(14)3-2-6-15-11/h2-6H,1H3,(H,19,20)(H,15,17,18). The smallest absolute Gasteiger partial charge is 0.337 e. The summed E-state index contributed by atoms with van der Waals surface area (Å²) in [4.78, 5) is 30.9. The van der Waals surface area contributed by atoms with E-state index in [-0.39, 0.29) is 17.0 Å². The van der Waals surface area contributed by atoms with Crippen molar-refractivity contribution in [2.45, 2.75) is 6.92 Å². The number of carboxylic acids is 1. The molecule has 6 nitrogen and oxygen atoms in total. The number of nitrogens with one attached hydrogen (secondary N) is 1. The van der Waals surface area contributed by atoms with E-state index >= 15 is 0 Å². The highest BCUT2D eigenvalue weighted by molar-refractivity contribution is 9.10. The molecule has 0 aliphatic rings. The number of aromatic nitrogens is 2. The second-order valence-corrected chi connectivity index (χ2v) is 4.78. The summed E-state index contributed by atoms with van der Waals surface area (Å²) in [5.74, 6) is -1.15. The van der Waals surface area contributed by atoms with Gasteiger partial charge in [-0.3, -0.25) is 4.79 Å². The van der Waals surface area contributed by atoms with Gasteiger partial charge in [0.1, 0.15) is 11.5 Å². The number of carboxylic acid groups (broad SMARTS) is 1. The van der Waals surface area contributed by atoms with Gasteiger partial charge in [-0.15, -0.1) is 0 Å². The Kier molecular flexibility index (Phi) is 4.09. The third-order valence-electron chi connectivity index (χ3n) is 2.54. The van der Waals surface area contributed by atoms with Crippen molar-refractivity contribution in [2.24, 2.45) is 0 Å². The maximum Gasteiger partial charge on any atom is 0.337 e. The molecule has 0 saturated heterocycles. The van der Waals surface area contributed by atoms with Crippen LogP contribution in [0.2, 0.25) is 0 Å². The van der Waals surface area contributed by atoms with Crippen molar-refractivity contribution in [1.29, 1.82) is 0 Å². The Bertz CT molecular complexity index is 688. The van der Waals surface area contributed by atoms with Gasteiger partial charge < -0.3 is 10.4 Å². The number of aryl methyl sites for hydroxylation is 1. The van der Waals surface area contributed by atoms with Crippen LogP contribution in [-0.2, 0) is 0 Å². The lowest BCUT2D eigenvalue weighted by atomic mass is 10.2. The monoisotopic (exact) mass is 335 g/mol. The Labute approximate surface area is 123 Å². The van der Waals surface area contributed by atoms with Gasteiger partial charge in [-0.2, -0.15) is 0 Å². The highest BCUT2D eigenvalue weighted by atomic mass is 79.9. The van der Waals surface area contributed by atoms with Crippen LogP contribution in [-0.4, -0.2) is 27.0 Å². The average molecular weight is 336 g/mol. The zero-order chi connectivity index (χ0) is 14.7. The lowest BCUT2D eigenvalue weighted by Crippen LogP contribution is -2.16. The number of halogens is 1. The third-order valence-corrected chi connectivity index (χ3v) is 3.18. The zero-order valence-electron chi connectivity index (χ0n) is 10.4. The van der Waals surface area contributed by atoms with E-state index in [1.54, 1.807) is 18.3 Å². The molecule has 2 aromatic heterocycles. The molecule has 0 saturated carbocycles. The van der Waals surface area contributed by atoms with Crippen LogP contribution in [0.25, 0.3) is 0 Å². The van der Waals surface area contributed by atoms with Crippen LogP contribution in [0.15, 0.2) is 34.9 Å². The van der Waals surface area contributed by atoms with Crippen LogP contribution >= 0.6 is 15.9 Å². The number of carbonyl (C=O) groups is 2. The molecule has 1 amide bonds. The molecule has 0 bridgehead atoms. The highest BCUT2D eigenvalue weighted by Gasteiger charge is 2.14. The summed E-state index contributed by atoms with van der Waals surface area (Å²) in [5.41, 5.74) is 0.482. The number of anilines is 1. The van der Waals surface area contributed by atoms with E-state index in [0.29, 0.717) is 10.3 Å². The summed E-state index contributed by atoms with van der Waals surface area (Å²) in [6.07, 6.45) is 1.55. The summed E-state index contributed by atoms with van der Waals surface area (Å²) in [6.45, 7) is 1.54. The van der Waals surface area contributed by atoms with Crippen molar-refractivity contribution in [3.05, 3.63) is 51.9 Å². The molecular formula is C13H10BrN3O3. The van der Waals surface area contributed by atoms with Crippen LogP contribution < -0.4 is 5.32 Å². The van der Waals surface area contributed by atoms with Crippen LogP contribution in [0.4, 0.5) is 5.82 Å². The molecule has 0 unspecified atom stereocenters. The Morgan fingerprint density at radius 2 is 2.05 bits per heavy atom. The minimum atomic E-state index is -1.07. The van der Waals surface area contributed by atoms with Gasteiger partial charge in [0.05, 0.1) is 15.7 Å². The Morgan fingerprint density at radius 1 is 1.30 bits per heavy atom. The third kappa shape index (κ3) is 3.00. The number of pyridine rings is 2. The molecule has 0 atom stereocenters. The first-order chi connectivity index (χ1) is 9.49. The number of hydrogen-bond donors (Lipinski definition) is 2. The van der Waals surface area contributed by atoms with Crippen LogP contribution in [0, 0.1) is 6.92 Å². The number of rotatable bonds is 3. The molecule has 0 radical (unpaired) electrons. The van der Waals surface area contributed by atoms with Crippen LogP contribution in [0.5, 0.6) is 0 Å². The first-order valence-electron chi connectivity index (χ1n) is 5.62. The summed E-state index contributed by atoms with van der Waals surface area (Å²) in [5, 5.41) is 11.5. The van der Waals surface area contributed by atoms with Crippen molar-refractivity contribution < 1.29 is 14.7 Å². The molecule has 0 spiro atoms. The van der Waals surface area contributed by atoms with Crippen molar-refractivity contribution in [2.75, 3.05) is 5.32 Å². The average Bonchev–Trinajstić information content (AvgIpc) is 2.40. The Hall–Kier alpha value is -2.28. The number of amides is 1. The van der Waals surface area contributed by atoms with Gasteiger partial charge in [0.25, 0.3) is 5.91 Å². The predicted octanol–water partition coefficient (Wildman–Crippen LogP) is 2.50. The molecule has 7 heteroatoms. The molecule has 2 rings (SSSR count). The largest absolute Gasteiger partial charge is 0.478 e. The van der Waals surface area contributed by atoms with E-state index in [2.05, 4.69) is 31.2 Å². The van der Waals surface area contributed by atoms with Gasteiger partial charge in [0, 0.05) is 6.20 Å². The molecule has 102 valence electrons. The molecule has 2 heterocycles. The van der Waals surface area contributed by atoms with Crippen molar-refractivity contribution in [3.63, 3.8) is 0 Å². The van der Waals surface area contributed by atoms with E-state index in [4.69, 9.17) is 5.11 Å². The molecule has 0 aliphatic heterocycles. The van der Waals surface area contributed by atoms with E-state index in [1.165, 1.54) is 19.1 Å². The van der Waals surface area contributed by atoms with Crippen LogP contribution in [0.3, 0.4) is 0 Å². The zero-order valence-corrected chi connectivity index (χ0v) is 12.0. The first kappa shape index (κ1) is 14.1. The molecule has 2 N–H and O–H groups in total. The number of aromatic carboxylic acids is 1. The summed E-state index contributed by atoms with van der Waals surface area (Å²) < 4.78 is 0.646. The van der Waals surface area contributed by atoms with Crippen molar-refractivity contribution >= 4 is 33.6 Å². The first-order valence-corrected chi connectivity index (χ1v) is 6.41. The van der Waals surface area contributed by atoms with Crippen molar-refractivity contribution in [1.82, 2.24) is 9.97 Å². The van der Waals surface area contributed by atoms with E-state index in [9.17, 15) is 9.59 Å². The normalized spacial score (nSPS) is 10.1. The molecule has 0 fully saturated rings. The molecule has 0 aromatic carbocycles. The SMILES string of the molecule is Cc1nc(C(=O)Nc2ncccc2Br)ccc1C(=O)O. The fraction of sp³-hybridized carbons (Fsp3) is 0.0769.